The molecule has 0 saturated carbocycles. The lowest BCUT2D eigenvalue weighted by Crippen LogP contribution is -2.41. The number of halogens is 6. The summed E-state index contributed by atoms with van der Waals surface area (Å²) in [5.41, 5.74) is 0.510. The predicted molar refractivity (Wildman–Crippen MR) is 86.0 cm³/mol. The number of methoxy groups -OCH3 is 1. The zero-order valence-corrected chi connectivity index (χ0v) is 15.4. The highest BCUT2D eigenvalue weighted by Gasteiger charge is 2.55. The van der Waals surface area contributed by atoms with Gasteiger partial charge in [0, 0.05) is 5.56 Å². The van der Waals surface area contributed by atoms with Crippen LogP contribution in [-0.2, 0) is 21.7 Å². The second kappa shape index (κ2) is 6.56. The van der Waals surface area contributed by atoms with Crippen LogP contribution in [0.15, 0.2) is 12.1 Å². The van der Waals surface area contributed by atoms with Crippen LogP contribution in [-0.4, -0.2) is 25.4 Å². The predicted octanol–water partition coefficient (Wildman–Crippen LogP) is 4.36. The third-order valence-corrected chi connectivity index (χ3v) is 4.89. The average Bonchev–Trinajstić information content (AvgIpc) is 2.71. The van der Waals surface area contributed by atoms with Gasteiger partial charge in [-0.1, -0.05) is 0 Å². The molecular weight excluding hydrogens is 379 g/mol. The molecule has 0 spiro atoms. The van der Waals surface area contributed by atoms with Gasteiger partial charge in [0.1, 0.15) is 5.75 Å². The van der Waals surface area contributed by atoms with Gasteiger partial charge in [-0.3, -0.25) is 0 Å². The summed E-state index contributed by atoms with van der Waals surface area (Å²) in [7, 11) is -0.336. The van der Waals surface area contributed by atoms with Crippen LogP contribution in [0.3, 0.4) is 0 Å². The second-order valence-corrected chi connectivity index (χ2v) is 7.29. The zero-order chi connectivity index (χ0) is 21.0. The number of alkyl halides is 6. The van der Waals surface area contributed by atoms with Crippen LogP contribution in [0.1, 0.15) is 50.3 Å². The molecule has 1 fully saturated rings. The van der Waals surface area contributed by atoms with Crippen molar-refractivity contribution in [2.45, 2.75) is 57.2 Å². The van der Waals surface area contributed by atoms with Crippen molar-refractivity contribution < 1.29 is 40.4 Å². The van der Waals surface area contributed by atoms with Gasteiger partial charge in [0.05, 0.1) is 35.4 Å². The number of ether oxygens (including phenoxy) is 1. The molecule has 1 aliphatic rings. The van der Waals surface area contributed by atoms with Gasteiger partial charge in [-0.15, -0.1) is 0 Å². The summed E-state index contributed by atoms with van der Waals surface area (Å²) < 4.78 is 95.7. The smallest absolute Gasteiger partial charge is 0.480 e. The highest BCUT2D eigenvalue weighted by Crippen LogP contribution is 2.46. The molecule has 27 heavy (non-hydrogen) atoms. The molecule has 0 amide bonds. The largest absolute Gasteiger partial charge is 0.496 e. The highest BCUT2D eigenvalue weighted by atomic mass is 19.4. The Morgan fingerprint density at radius 1 is 0.963 bits per heavy atom. The van der Waals surface area contributed by atoms with E-state index in [4.69, 9.17) is 19.8 Å². The molecule has 1 aromatic rings. The first-order valence-electron chi connectivity index (χ1n) is 7.99. The molecule has 1 heterocycles. The molecule has 0 bridgehead atoms. The van der Waals surface area contributed by atoms with E-state index in [0.717, 1.165) is 7.11 Å². The fourth-order valence-electron chi connectivity index (χ4n) is 2.71. The molecule has 0 radical (unpaired) electrons. The molecule has 1 saturated heterocycles. The molecule has 4 nitrogen and oxygen atoms in total. The summed E-state index contributed by atoms with van der Waals surface area (Å²) in [6.07, 6.45) is -10.1. The molecule has 1 atom stereocenters. The summed E-state index contributed by atoms with van der Waals surface area (Å²) in [5, 5.41) is 0. The highest BCUT2D eigenvalue weighted by molar-refractivity contribution is 6.47. The SMILES string of the molecule is COc1cc(C(F)(F)F)cc(C(F)(F)F)c1[C@H](N)B1OC(C)(C)C(C)(C)O1. The lowest BCUT2D eigenvalue weighted by molar-refractivity contribution is -0.143. The molecule has 0 unspecified atom stereocenters. The molecular formula is C16H20BF6NO3. The molecule has 0 aromatic heterocycles. The van der Waals surface area contributed by atoms with Crippen LogP contribution in [0.2, 0.25) is 0 Å². The van der Waals surface area contributed by atoms with E-state index in [9.17, 15) is 26.3 Å². The summed E-state index contributed by atoms with van der Waals surface area (Å²) in [6.45, 7) is 6.70. The van der Waals surface area contributed by atoms with Crippen molar-refractivity contribution in [3.8, 4) is 5.75 Å². The molecule has 11 heteroatoms. The fourth-order valence-corrected chi connectivity index (χ4v) is 2.71. The van der Waals surface area contributed by atoms with Gasteiger partial charge in [0.15, 0.2) is 0 Å². The first-order valence-corrected chi connectivity index (χ1v) is 7.99. The Morgan fingerprint density at radius 3 is 1.81 bits per heavy atom. The van der Waals surface area contributed by atoms with Gasteiger partial charge in [0.2, 0.25) is 0 Å². The van der Waals surface area contributed by atoms with E-state index in [1.807, 2.05) is 0 Å². The minimum atomic E-state index is -5.09. The number of hydrogen-bond acceptors (Lipinski definition) is 4. The molecule has 152 valence electrons. The maximum atomic E-state index is 13.5. The Bertz CT molecular complexity index is 701. The van der Waals surface area contributed by atoms with Crippen molar-refractivity contribution in [3.63, 3.8) is 0 Å². The van der Waals surface area contributed by atoms with Gasteiger partial charge in [0.25, 0.3) is 0 Å². The van der Waals surface area contributed by atoms with E-state index in [-0.39, 0.29) is 6.07 Å². The van der Waals surface area contributed by atoms with Gasteiger partial charge in [-0.25, -0.2) is 0 Å². The number of benzene rings is 1. The van der Waals surface area contributed by atoms with Gasteiger partial charge in [-0.05, 0) is 39.8 Å². The van der Waals surface area contributed by atoms with E-state index < -0.39 is 59.1 Å². The molecule has 0 aliphatic carbocycles. The average molecular weight is 399 g/mol. The van der Waals surface area contributed by atoms with E-state index in [1.54, 1.807) is 27.7 Å². The molecule has 1 aromatic carbocycles. The van der Waals surface area contributed by atoms with Gasteiger partial charge >= 0.3 is 19.5 Å². The lowest BCUT2D eigenvalue weighted by Gasteiger charge is -2.32. The molecule has 2 N–H and O–H groups in total. The number of nitrogens with two attached hydrogens (primary N) is 1. The van der Waals surface area contributed by atoms with Crippen molar-refractivity contribution in [1.29, 1.82) is 0 Å². The topological polar surface area (TPSA) is 53.7 Å². The summed E-state index contributed by atoms with van der Waals surface area (Å²) in [6, 6.07) is 0.499. The first-order chi connectivity index (χ1) is 12.0. The lowest BCUT2D eigenvalue weighted by atomic mass is 9.72. The van der Waals surface area contributed by atoms with Crippen molar-refractivity contribution in [2.75, 3.05) is 7.11 Å². The standard InChI is InChI=1S/C16H20BF6NO3/c1-13(2)14(3,4)27-17(26-13)12(24)11-9(16(21,22)23)6-8(15(18,19)20)7-10(11)25-5/h6-7,12H,24H2,1-5H3/t12-/m0/s1. The van der Waals surface area contributed by atoms with Crippen LogP contribution in [0.25, 0.3) is 0 Å². The van der Waals surface area contributed by atoms with E-state index >= 15 is 0 Å². The van der Waals surface area contributed by atoms with E-state index in [2.05, 4.69) is 0 Å². The van der Waals surface area contributed by atoms with Crippen LogP contribution in [0.5, 0.6) is 5.75 Å². The molecule has 1 aliphatic heterocycles. The number of hydrogen-bond donors (Lipinski definition) is 1. The Labute approximate surface area is 153 Å². The summed E-state index contributed by atoms with van der Waals surface area (Å²) >= 11 is 0. The minimum Gasteiger partial charge on any atom is -0.496 e. The van der Waals surface area contributed by atoms with Crippen LogP contribution < -0.4 is 10.5 Å². The van der Waals surface area contributed by atoms with Crippen LogP contribution in [0.4, 0.5) is 26.3 Å². The van der Waals surface area contributed by atoms with Crippen molar-refractivity contribution >= 4 is 7.12 Å². The van der Waals surface area contributed by atoms with Crippen molar-refractivity contribution in [3.05, 3.63) is 28.8 Å². The first kappa shape index (κ1) is 21.8. The number of rotatable bonds is 3. The van der Waals surface area contributed by atoms with Crippen molar-refractivity contribution in [1.82, 2.24) is 0 Å². The Morgan fingerprint density at radius 2 is 1.44 bits per heavy atom. The maximum Gasteiger partial charge on any atom is 0.480 e. The molecule has 2 rings (SSSR count). The van der Waals surface area contributed by atoms with Crippen LogP contribution >= 0.6 is 0 Å². The zero-order valence-electron chi connectivity index (χ0n) is 15.4. The van der Waals surface area contributed by atoms with E-state index in [0.29, 0.717) is 6.07 Å². The summed E-state index contributed by atoms with van der Waals surface area (Å²) in [4.78, 5) is 0. The van der Waals surface area contributed by atoms with Gasteiger partial charge in [-0.2, -0.15) is 26.3 Å². The second-order valence-electron chi connectivity index (χ2n) is 7.29. The third kappa shape index (κ3) is 4.04. The van der Waals surface area contributed by atoms with Gasteiger partial charge < -0.3 is 19.8 Å². The summed E-state index contributed by atoms with van der Waals surface area (Å²) in [5.74, 6) is -2.17. The third-order valence-electron chi connectivity index (χ3n) is 4.89. The Balaban J connectivity index is 2.62. The normalized spacial score (nSPS) is 20.7. The Hall–Kier alpha value is -1.46. The monoisotopic (exact) mass is 399 g/mol. The Kier molecular flexibility index (Phi) is 5.31. The van der Waals surface area contributed by atoms with Crippen molar-refractivity contribution in [2.24, 2.45) is 5.73 Å². The quantitative estimate of drug-likeness (QED) is 0.606. The van der Waals surface area contributed by atoms with Crippen LogP contribution in [0, 0.1) is 0 Å². The fraction of sp³-hybridized carbons (Fsp3) is 0.625. The van der Waals surface area contributed by atoms with E-state index in [1.165, 1.54) is 0 Å². The maximum absolute atomic E-state index is 13.5. The minimum absolute atomic E-state index is 0.0168.